The second kappa shape index (κ2) is 9.22. The van der Waals surface area contributed by atoms with E-state index in [1.165, 1.54) is 21.8 Å². The van der Waals surface area contributed by atoms with Gasteiger partial charge in [-0.05, 0) is 62.3 Å². The summed E-state index contributed by atoms with van der Waals surface area (Å²) in [4.78, 5) is 38.0. The number of amides is 3. The number of thiophene rings is 1. The van der Waals surface area contributed by atoms with Crippen LogP contribution in [0.2, 0.25) is 0 Å². The van der Waals surface area contributed by atoms with Gasteiger partial charge in [-0.3, -0.25) is 10.1 Å². The first kappa shape index (κ1) is 21.0. The van der Waals surface area contributed by atoms with Crippen LogP contribution in [0.4, 0.5) is 10.5 Å². The number of hydrogen-bond acceptors (Lipinski definition) is 5. The van der Waals surface area contributed by atoms with Gasteiger partial charge in [-0.1, -0.05) is 31.0 Å². The van der Waals surface area contributed by atoms with Gasteiger partial charge in [0.2, 0.25) is 0 Å². The Morgan fingerprint density at radius 1 is 1.21 bits per heavy atom. The maximum absolute atomic E-state index is 12.3. The second-order valence-electron chi connectivity index (χ2n) is 7.47. The number of rotatable bonds is 5. The Morgan fingerprint density at radius 2 is 2.00 bits per heavy atom. The van der Waals surface area contributed by atoms with E-state index in [9.17, 15) is 14.4 Å². The molecule has 1 atom stereocenters. The number of urea groups is 1. The number of esters is 1. The molecule has 29 heavy (non-hydrogen) atoms. The van der Waals surface area contributed by atoms with Crippen LogP contribution in [-0.2, 0) is 22.4 Å². The zero-order chi connectivity index (χ0) is 21.0. The summed E-state index contributed by atoms with van der Waals surface area (Å²) < 4.78 is 5.09. The van der Waals surface area contributed by atoms with Crippen molar-refractivity contribution in [1.29, 1.82) is 0 Å². The van der Waals surface area contributed by atoms with Gasteiger partial charge in [-0.15, -0.1) is 11.3 Å². The fourth-order valence-electron chi connectivity index (χ4n) is 3.52. The van der Waals surface area contributed by atoms with Crippen LogP contribution in [0.1, 0.15) is 51.0 Å². The summed E-state index contributed by atoms with van der Waals surface area (Å²) in [5.41, 5.74) is 3.81. The maximum atomic E-state index is 12.3. The van der Waals surface area contributed by atoms with E-state index in [-0.39, 0.29) is 0 Å². The fraction of sp³-hybridized carbons (Fsp3) is 0.409. The Balaban J connectivity index is 1.48. The predicted octanol–water partition coefficient (Wildman–Crippen LogP) is 4.38. The molecule has 1 aliphatic rings. The lowest BCUT2D eigenvalue weighted by Crippen LogP contribution is -2.37. The number of imide groups is 1. The Bertz CT molecular complexity index is 935. The molecule has 0 saturated heterocycles. The summed E-state index contributed by atoms with van der Waals surface area (Å²) in [7, 11) is 0. The number of hydrogen-bond donors (Lipinski definition) is 2. The van der Waals surface area contributed by atoms with E-state index < -0.39 is 24.5 Å². The minimum atomic E-state index is -0.673. The average molecular weight is 415 g/mol. The lowest BCUT2D eigenvalue weighted by atomic mass is 9.87. The van der Waals surface area contributed by atoms with Gasteiger partial charge in [0.15, 0.2) is 6.61 Å². The molecule has 2 N–H and O–H groups in total. The molecule has 1 aromatic carbocycles. The molecule has 3 rings (SSSR count). The van der Waals surface area contributed by atoms with Crippen molar-refractivity contribution in [3.05, 3.63) is 50.7 Å². The molecule has 0 saturated carbocycles. The highest BCUT2D eigenvalue weighted by Crippen LogP contribution is 2.33. The van der Waals surface area contributed by atoms with Crippen LogP contribution >= 0.6 is 11.3 Å². The van der Waals surface area contributed by atoms with Gasteiger partial charge in [0.25, 0.3) is 5.91 Å². The number of anilines is 1. The second-order valence-corrected chi connectivity index (χ2v) is 8.61. The molecule has 0 radical (unpaired) electrons. The molecule has 3 amide bonds. The van der Waals surface area contributed by atoms with Gasteiger partial charge in [0.05, 0.1) is 0 Å². The third kappa shape index (κ3) is 5.44. The van der Waals surface area contributed by atoms with Gasteiger partial charge in [0.1, 0.15) is 4.88 Å². The molecule has 2 aromatic rings. The summed E-state index contributed by atoms with van der Waals surface area (Å²) in [6.45, 7) is 5.52. The molecule has 0 unspecified atom stereocenters. The van der Waals surface area contributed by atoms with E-state index in [0.29, 0.717) is 16.5 Å². The third-order valence-corrected chi connectivity index (χ3v) is 6.40. The number of ether oxygens (including phenoxy) is 1. The van der Waals surface area contributed by atoms with E-state index in [2.05, 4.69) is 17.6 Å². The first-order chi connectivity index (χ1) is 13.9. The highest BCUT2D eigenvalue weighted by atomic mass is 32.1. The minimum absolute atomic E-state index is 0.501. The summed E-state index contributed by atoms with van der Waals surface area (Å²) in [5.74, 6) is -0.530. The quantitative estimate of drug-likeness (QED) is 0.711. The number of fused-ring (bicyclic) bond motifs is 1. The van der Waals surface area contributed by atoms with Crippen molar-refractivity contribution in [2.75, 3.05) is 11.9 Å². The molecule has 1 aromatic heterocycles. The molecule has 0 aliphatic heterocycles. The van der Waals surface area contributed by atoms with Gasteiger partial charge in [-0.2, -0.15) is 0 Å². The van der Waals surface area contributed by atoms with Crippen molar-refractivity contribution in [2.24, 2.45) is 5.92 Å². The van der Waals surface area contributed by atoms with Crippen LogP contribution in [0.3, 0.4) is 0 Å². The van der Waals surface area contributed by atoms with Crippen molar-refractivity contribution in [3.63, 3.8) is 0 Å². The van der Waals surface area contributed by atoms with Crippen molar-refractivity contribution in [3.8, 4) is 0 Å². The highest BCUT2D eigenvalue weighted by molar-refractivity contribution is 7.14. The third-order valence-electron chi connectivity index (χ3n) is 5.18. The molecule has 6 nitrogen and oxygen atoms in total. The predicted molar refractivity (Wildman–Crippen MR) is 113 cm³/mol. The number of benzene rings is 1. The first-order valence-corrected chi connectivity index (χ1v) is 10.6. The normalized spacial score (nSPS) is 15.3. The van der Waals surface area contributed by atoms with Crippen molar-refractivity contribution < 1.29 is 19.1 Å². The average Bonchev–Trinajstić information content (AvgIpc) is 3.11. The standard InChI is InChI=1S/C22H26N2O4S/c1-4-15-6-8-18-16(10-15)11-19(29-18)21(26)28-12-20(25)24-22(27)23-17-7-5-13(2)9-14(17)3/h5,7,9,11,15H,4,6,8,10,12H2,1-3H3,(H2,23,24,25,27)/t15-/m0/s1. The van der Waals surface area contributed by atoms with Crippen molar-refractivity contribution in [1.82, 2.24) is 5.32 Å². The number of aryl methyl sites for hydroxylation is 3. The summed E-state index contributed by atoms with van der Waals surface area (Å²) >= 11 is 1.44. The van der Waals surface area contributed by atoms with Gasteiger partial charge < -0.3 is 10.1 Å². The minimum Gasteiger partial charge on any atom is -0.451 e. The van der Waals surface area contributed by atoms with Crippen LogP contribution in [0.5, 0.6) is 0 Å². The molecule has 1 aliphatic carbocycles. The Morgan fingerprint density at radius 3 is 2.72 bits per heavy atom. The molecule has 154 valence electrons. The SMILES string of the molecule is CC[C@H]1CCc2sc(C(=O)OCC(=O)NC(=O)Nc3ccc(C)cc3C)cc2C1. The zero-order valence-electron chi connectivity index (χ0n) is 17.0. The largest absolute Gasteiger partial charge is 0.451 e. The molecule has 0 bridgehead atoms. The number of carbonyl (C=O) groups is 3. The van der Waals surface area contributed by atoms with Gasteiger partial charge >= 0.3 is 12.0 Å². The van der Waals surface area contributed by atoms with Crippen molar-refractivity contribution >= 4 is 34.9 Å². The van der Waals surface area contributed by atoms with E-state index >= 15 is 0 Å². The first-order valence-electron chi connectivity index (χ1n) is 9.82. The highest BCUT2D eigenvalue weighted by Gasteiger charge is 2.23. The molecule has 0 spiro atoms. The monoisotopic (exact) mass is 414 g/mol. The van der Waals surface area contributed by atoms with Crippen LogP contribution in [-0.4, -0.2) is 24.5 Å². The van der Waals surface area contributed by atoms with E-state index in [1.807, 2.05) is 32.0 Å². The smallest absolute Gasteiger partial charge is 0.348 e. The molecule has 0 fully saturated rings. The molecule has 7 heteroatoms. The fourth-order valence-corrected chi connectivity index (χ4v) is 4.62. The summed E-state index contributed by atoms with van der Waals surface area (Å²) in [6.07, 6.45) is 4.27. The Labute approximate surface area is 174 Å². The van der Waals surface area contributed by atoms with Crippen LogP contribution < -0.4 is 10.6 Å². The summed E-state index contributed by atoms with van der Waals surface area (Å²) in [5, 5.41) is 4.80. The summed E-state index contributed by atoms with van der Waals surface area (Å²) in [6, 6.07) is 6.80. The van der Waals surface area contributed by atoms with Crippen LogP contribution in [0.25, 0.3) is 0 Å². The van der Waals surface area contributed by atoms with Crippen molar-refractivity contribution in [2.45, 2.75) is 46.5 Å². The van der Waals surface area contributed by atoms with E-state index in [0.717, 1.165) is 36.8 Å². The number of carbonyl (C=O) groups excluding carboxylic acids is 3. The van der Waals surface area contributed by atoms with Crippen LogP contribution in [0, 0.1) is 19.8 Å². The van der Waals surface area contributed by atoms with Crippen LogP contribution in [0.15, 0.2) is 24.3 Å². The molecular formula is C22H26N2O4S. The number of nitrogens with one attached hydrogen (secondary N) is 2. The lowest BCUT2D eigenvalue weighted by Gasteiger charge is -2.19. The Hall–Kier alpha value is -2.67. The lowest BCUT2D eigenvalue weighted by molar-refractivity contribution is -0.123. The van der Waals surface area contributed by atoms with E-state index in [4.69, 9.17) is 4.74 Å². The Kier molecular flexibility index (Phi) is 6.69. The maximum Gasteiger partial charge on any atom is 0.348 e. The molecular weight excluding hydrogens is 388 g/mol. The zero-order valence-corrected chi connectivity index (χ0v) is 17.8. The molecule has 1 heterocycles. The van der Waals surface area contributed by atoms with E-state index in [1.54, 1.807) is 6.07 Å². The van der Waals surface area contributed by atoms with Gasteiger partial charge in [-0.25, -0.2) is 9.59 Å². The topological polar surface area (TPSA) is 84.5 Å². The van der Waals surface area contributed by atoms with Gasteiger partial charge in [0, 0.05) is 10.6 Å².